The summed E-state index contributed by atoms with van der Waals surface area (Å²) in [6, 6.07) is 13.1. The Morgan fingerprint density at radius 2 is 1.77 bits per heavy atom. The first kappa shape index (κ1) is 27.3. The quantitative estimate of drug-likeness (QED) is 0.324. The van der Waals surface area contributed by atoms with E-state index in [9.17, 15) is 33.5 Å². The molecule has 0 aromatic heterocycles. The molecule has 4 aliphatic rings. The number of nitrogens with two attached hydrogens (primary N) is 1. The summed E-state index contributed by atoms with van der Waals surface area (Å²) >= 11 is 6.03. The van der Waals surface area contributed by atoms with Crippen LogP contribution in [0.25, 0.3) is 10.8 Å². The largest absolute Gasteiger partial charge is 0.507 e. The average molecular weight is 602 g/mol. The fraction of sp³-hybridized carbons (Fsp3) is 0.281. The number of phenolic OH excluding ortho intramolecular Hbond substituents is 1. The van der Waals surface area contributed by atoms with Crippen LogP contribution in [0, 0.1) is 34.9 Å². The third-order valence-corrected chi connectivity index (χ3v) is 10.2. The van der Waals surface area contributed by atoms with Gasteiger partial charge in [-0.1, -0.05) is 59.6 Å². The molecule has 3 aromatic rings. The van der Waals surface area contributed by atoms with Crippen molar-refractivity contribution in [2.75, 3.05) is 4.90 Å². The third kappa shape index (κ3) is 3.53. The van der Waals surface area contributed by atoms with Crippen LogP contribution in [0.1, 0.15) is 31.2 Å². The van der Waals surface area contributed by atoms with E-state index in [0.29, 0.717) is 21.4 Å². The Morgan fingerprint density at radius 1 is 1.02 bits per heavy atom. The number of fused-ring (bicyclic) bond motifs is 5. The Bertz CT molecular complexity index is 1860. The molecular weight excluding hydrogens is 577 g/mol. The molecule has 2 aliphatic heterocycles. The lowest BCUT2D eigenvalue weighted by atomic mass is 9.51. The van der Waals surface area contributed by atoms with E-state index in [2.05, 4.69) is 0 Å². The molecule has 6 atom stereocenters. The molecule has 2 heterocycles. The first-order chi connectivity index (χ1) is 20.5. The Hall–Kier alpha value is -4.57. The van der Waals surface area contributed by atoms with E-state index in [1.54, 1.807) is 31.2 Å². The highest BCUT2D eigenvalue weighted by Crippen LogP contribution is 2.64. The molecule has 7 rings (SSSR count). The molecule has 6 unspecified atom stereocenters. The minimum atomic E-state index is -1.43. The van der Waals surface area contributed by atoms with Crippen LogP contribution in [-0.2, 0) is 19.2 Å². The van der Waals surface area contributed by atoms with Crippen LogP contribution in [0.4, 0.5) is 14.9 Å². The van der Waals surface area contributed by atoms with Gasteiger partial charge in [0.2, 0.25) is 23.6 Å². The van der Waals surface area contributed by atoms with E-state index in [1.807, 2.05) is 18.2 Å². The third-order valence-electron chi connectivity index (χ3n) is 9.90. The molecule has 0 bridgehead atoms. The van der Waals surface area contributed by atoms with Crippen molar-refractivity contribution in [2.24, 2.45) is 34.8 Å². The van der Waals surface area contributed by atoms with E-state index >= 15 is 0 Å². The van der Waals surface area contributed by atoms with Gasteiger partial charge in [0, 0.05) is 16.9 Å². The molecule has 43 heavy (non-hydrogen) atoms. The van der Waals surface area contributed by atoms with Crippen LogP contribution in [0.3, 0.4) is 0 Å². The second-order valence-corrected chi connectivity index (χ2v) is 12.2. The van der Waals surface area contributed by atoms with Gasteiger partial charge < -0.3 is 10.8 Å². The molecule has 11 heteroatoms. The van der Waals surface area contributed by atoms with Crippen LogP contribution in [0.15, 0.2) is 66.2 Å². The van der Waals surface area contributed by atoms with Gasteiger partial charge in [0.15, 0.2) is 0 Å². The van der Waals surface area contributed by atoms with Gasteiger partial charge in [0.1, 0.15) is 11.6 Å². The zero-order valence-corrected chi connectivity index (χ0v) is 23.5. The van der Waals surface area contributed by atoms with Crippen molar-refractivity contribution >= 4 is 57.7 Å². The van der Waals surface area contributed by atoms with Gasteiger partial charge in [-0.25, -0.2) is 14.1 Å². The molecular formula is C32H25ClFN3O6. The number of imide groups is 4. The summed E-state index contributed by atoms with van der Waals surface area (Å²) in [5.41, 5.74) is 5.10. The van der Waals surface area contributed by atoms with Gasteiger partial charge in [-0.2, -0.15) is 4.90 Å². The van der Waals surface area contributed by atoms with Crippen molar-refractivity contribution in [2.45, 2.75) is 25.7 Å². The fourth-order valence-corrected chi connectivity index (χ4v) is 8.13. The summed E-state index contributed by atoms with van der Waals surface area (Å²) in [7, 11) is 0. The summed E-state index contributed by atoms with van der Waals surface area (Å²) in [5, 5.41) is 12.7. The molecule has 0 spiro atoms. The lowest BCUT2D eigenvalue weighted by molar-refractivity contribution is -0.136. The van der Waals surface area contributed by atoms with Crippen molar-refractivity contribution < 1.29 is 33.5 Å². The summed E-state index contributed by atoms with van der Waals surface area (Å²) in [6.45, 7) is 1.67. The maximum absolute atomic E-state index is 14.5. The van der Waals surface area contributed by atoms with Crippen LogP contribution >= 0.6 is 11.6 Å². The predicted molar refractivity (Wildman–Crippen MR) is 153 cm³/mol. The fourth-order valence-electron chi connectivity index (χ4n) is 7.95. The van der Waals surface area contributed by atoms with Gasteiger partial charge in [-0.3, -0.25) is 19.2 Å². The van der Waals surface area contributed by atoms with Crippen molar-refractivity contribution in [3.8, 4) is 5.75 Å². The highest BCUT2D eigenvalue weighted by Gasteiger charge is 2.68. The number of phenols is 1. The number of carbonyl (C=O) groups excluding carboxylic acids is 5. The molecule has 2 saturated heterocycles. The second kappa shape index (κ2) is 9.21. The van der Waals surface area contributed by atoms with Gasteiger partial charge in [-0.05, 0) is 49.3 Å². The SMILES string of the molecule is CC12C(=O)N(c3ccc(F)c(Cl)c3)C(=O)C1CC1C(=CCC3C(=O)N(C(N)=O)C(=O)C31)C2c1ccc2ccccc2c1O. The number of hydrogen-bond donors (Lipinski definition) is 2. The van der Waals surface area contributed by atoms with Crippen LogP contribution in [0.5, 0.6) is 5.75 Å². The standard InChI is InChI=1S/C32H25ClFN3O6/c1-32-21(28(40)36(30(32)42)15-7-11-23(34)22(33)12-15)13-20-17(9-10-18-24(20)29(41)37(27(18)39)31(35)43)25(32)19-8-6-14-4-2-3-5-16(14)26(19)38/h2-9,11-12,18,20-21,24-25,38H,10,13H2,1H3,(H2,35,43). The maximum Gasteiger partial charge on any atom is 0.328 e. The topological polar surface area (TPSA) is 138 Å². The Labute approximate surface area is 249 Å². The summed E-state index contributed by atoms with van der Waals surface area (Å²) in [4.78, 5) is 68.8. The molecule has 3 fully saturated rings. The van der Waals surface area contributed by atoms with Crippen molar-refractivity contribution in [3.63, 3.8) is 0 Å². The molecule has 9 nitrogen and oxygen atoms in total. The Kier molecular flexibility index (Phi) is 5.84. The molecule has 3 N–H and O–H groups in total. The Morgan fingerprint density at radius 3 is 2.49 bits per heavy atom. The molecule has 218 valence electrons. The average Bonchev–Trinajstić information content (AvgIpc) is 3.35. The molecule has 2 aliphatic carbocycles. The van der Waals surface area contributed by atoms with E-state index in [4.69, 9.17) is 17.3 Å². The number of likely N-dealkylation sites (tertiary alicyclic amines) is 1. The summed E-state index contributed by atoms with van der Waals surface area (Å²) in [5.74, 6) is -7.68. The normalized spacial score (nSPS) is 29.9. The molecule has 6 amide bonds. The number of rotatable bonds is 2. The van der Waals surface area contributed by atoms with E-state index in [1.165, 1.54) is 12.1 Å². The van der Waals surface area contributed by atoms with E-state index in [-0.39, 0.29) is 29.3 Å². The number of allylic oxidation sites excluding steroid dienone is 2. The number of amides is 6. The zero-order chi connectivity index (χ0) is 30.5. The number of carbonyl (C=O) groups is 5. The van der Waals surface area contributed by atoms with Crippen LogP contribution in [-0.4, -0.2) is 39.7 Å². The number of nitrogens with zero attached hydrogens (tertiary/aromatic N) is 2. The highest BCUT2D eigenvalue weighted by atomic mass is 35.5. The summed E-state index contributed by atoms with van der Waals surface area (Å²) in [6.07, 6.45) is 1.96. The number of benzene rings is 3. The number of anilines is 1. The van der Waals surface area contributed by atoms with Gasteiger partial charge >= 0.3 is 6.03 Å². The van der Waals surface area contributed by atoms with Gasteiger partial charge in [0.25, 0.3) is 0 Å². The minimum Gasteiger partial charge on any atom is -0.507 e. The van der Waals surface area contributed by atoms with Crippen LogP contribution in [0.2, 0.25) is 5.02 Å². The van der Waals surface area contributed by atoms with Crippen molar-refractivity contribution in [1.82, 2.24) is 4.90 Å². The zero-order valence-electron chi connectivity index (χ0n) is 22.8. The molecule has 1 saturated carbocycles. The maximum atomic E-state index is 14.5. The first-order valence-corrected chi connectivity index (χ1v) is 14.3. The number of hydrogen-bond acceptors (Lipinski definition) is 6. The van der Waals surface area contributed by atoms with Crippen molar-refractivity contribution in [1.29, 1.82) is 0 Å². The molecule has 0 radical (unpaired) electrons. The lowest BCUT2D eigenvalue weighted by Gasteiger charge is -2.49. The summed E-state index contributed by atoms with van der Waals surface area (Å²) < 4.78 is 14.0. The monoisotopic (exact) mass is 601 g/mol. The van der Waals surface area contributed by atoms with Gasteiger partial charge in [-0.15, -0.1) is 0 Å². The minimum absolute atomic E-state index is 0.0377. The number of primary amides is 1. The number of urea groups is 1. The smallest absolute Gasteiger partial charge is 0.328 e. The van der Waals surface area contributed by atoms with Crippen LogP contribution < -0.4 is 10.6 Å². The van der Waals surface area contributed by atoms with Crippen molar-refractivity contribution in [3.05, 3.63) is 82.6 Å². The first-order valence-electron chi connectivity index (χ1n) is 13.9. The number of halogens is 2. The highest BCUT2D eigenvalue weighted by molar-refractivity contribution is 6.31. The number of aromatic hydroxyl groups is 1. The molecule has 3 aromatic carbocycles. The van der Waals surface area contributed by atoms with E-state index < -0.39 is 70.5 Å². The lowest BCUT2D eigenvalue weighted by Crippen LogP contribution is -2.49. The second-order valence-electron chi connectivity index (χ2n) is 11.8. The Balaban J connectivity index is 1.44. The predicted octanol–water partition coefficient (Wildman–Crippen LogP) is 4.65. The van der Waals surface area contributed by atoms with Gasteiger partial charge in [0.05, 0.1) is 33.9 Å². The van der Waals surface area contributed by atoms with E-state index in [0.717, 1.165) is 16.4 Å².